The van der Waals surface area contributed by atoms with Crippen molar-refractivity contribution in [3.05, 3.63) is 56.0 Å². The number of aromatic amines is 1. The Morgan fingerprint density at radius 3 is 2.85 bits per heavy atom. The maximum absolute atomic E-state index is 11.3. The highest BCUT2D eigenvalue weighted by atomic mass is 16.6. The minimum absolute atomic E-state index is 0.0513. The van der Waals surface area contributed by atoms with E-state index in [2.05, 4.69) is 25.7 Å². The van der Waals surface area contributed by atoms with Gasteiger partial charge in [0.05, 0.1) is 16.7 Å². The van der Waals surface area contributed by atoms with Gasteiger partial charge in [0, 0.05) is 6.07 Å². The van der Waals surface area contributed by atoms with Gasteiger partial charge >= 0.3 is 0 Å². The number of aryl methyl sites for hydroxylation is 1. The number of H-pyrrole nitrogens is 1. The van der Waals surface area contributed by atoms with Crippen LogP contribution in [0, 0.1) is 17.0 Å². The van der Waals surface area contributed by atoms with Crippen LogP contribution in [0.2, 0.25) is 0 Å². The molecule has 0 unspecified atom stereocenters. The van der Waals surface area contributed by atoms with Crippen LogP contribution >= 0.6 is 0 Å². The second-order valence-corrected chi connectivity index (χ2v) is 3.77. The van der Waals surface area contributed by atoms with Gasteiger partial charge in [0.1, 0.15) is 5.69 Å². The molecule has 0 aliphatic rings. The van der Waals surface area contributed by atoms with E-state index in [9.17, 15) is 14.9 Å². The minimum Gasteiger partial charge on any atom is -0.288 e. The first-order valence-electron chi connectivity index (χ1n) is 5.54. The molecule has 0 saturated heterocycles. The number of anilines is 1. The highest BCUT2D eigenvalue weighted by Crippen LogP contribution is 2.15. The van der Waals surface area contributed by atoms with E-state index >= 15 is 0 Å². The quantitative estimate of drug-likeness (QED) is 0.483. The summed E-state index contributed by atoms with van der Waals surface area (Å²) in [5, 5.41) is 21.8. The number of hydrogen-bond acceptors (Lipinski definition) is 7. The second-order valence-electron chi connectivity index (χ2n) is 3.77. The predicted molar refractivity (Wildman–Crippen MR) is 71.7 cm³/mol. The minimum atomic E-state index is -0.505. The van der Waals surface area contributed by atoms with Gasteiger partial charge in [0.2, 0.25) is 5.95 Å². The number of hydrazone groups is 1. The number of para-hydroxylation sites is 1. The van der Waals surface area contributed by atoms with Gasteiger partial charge in [-0.05, 0) is 13.0 Å². The van der Waals surface area contributed by atoms with E-state index in [0.29, 0.717) is 5.56 Å². The summed E-state index contributed by atoms with van der Waals surface area (Å²) in [6.45, 7) is 1.52. The number of hydrogen-bond donors (Lipinski definition) is 2. The van der Waals surface area contributed by atoms with Gasteiger partial charge in [-0.25, -0.2) is 5.43 Å². The van der Waals surface area contributed by atoms with Crippen molar-refractivity contribution in [3.8, 4) is 0 Å². The smallest absolute Gasteiger partial charge is 0.278 e. The molecular formula is C11H10N6O3. The van der Waals surface area contributed by atoms with Crippen molar-refractivity contribution in [2.75, 3.05) is 5.43 Å². The molecule has 9 nitrogen and oxygen atoms in total. The van der Waals surface area contributed by atoms with Gasteiger partial charge in [-0.3, -0.25) is 19.9 Å². The zero-order valence-electron chi connectivity index (χ0n) is 10.4. The van der Waals surface area contributed by atoms with Crippen molar-refractivity contribution >= 4 is 17.9 Å². The lowest BCUT2D eigenvalue weighted by Crippen LogP contribution is -2.15. The number of nitro benzene ring substituents is 1. The molecular weight excluding hydrogens is 264 g/mol. The predicted octanol–water partition coefficient (Wildman–Crippen LogP) is 0.828. The van der Waals surface area contributed by atoms with Crippen LogP contribution in [-0.2, 0) is 0 Å². The maximum Gasteiger partial charge on any atom is 0.278 e. The highest BCUT2D eigenvalue weighted by molar-refractivity contribution is 5.85. The molecule has 0 fully saturated rings. The van der Waals surface area contributed by atoms with E-state index < -0.39 is 4.92 Å². The average Bonchev–Trinajstić information content (AvgIpc) is 2.43. The van der Waals surface area contributed by atoms with Crippen LogP contribution in [0.1, 0.15) is 11.3 Å². The van der Waals surface area contributed by atoms with E-state index in [0.717, 1.165) is 0 Å². The molecule has 2 rings (SSSR count). The highest BCUT2D eigenvalue weighted by Gasteiger charge is 2.09. The van der Waals surface area contributed by atoms with E-state index in [4.69, 9.17) is 0 Å². The van der Waals surface area contributed by atoms with Gasteiger partial charge in [0.15, 0.2) is 0 Å². The third kappa shape index (κ3) is 3.02. The molecule has 0 atom stereocenters. The topological polar surface area (TPSA) is 126 Å². The molecule has 9 heteroatoms. The molecule has 0 saturated carbocycles. The zero-order valence-corrected chi connectivity index (χ0v) is 10.4. The van der Waals surface area contributed by atoms with E-state index in [1.54, 1.807) is 18.2 Å². The molecule has 0 aliphatic carbocycles. The van der Waals surface area contributed by atoms with Crippen LogP contribution in [0.15, 0.2) is 34.2 Å². The van der Waals surface area contributed by atoms with E-state index in [-0.39, 0.29) is 22.9 Å². The lowest BCUT2D eigenvalue weighted by molar-refractivity contribution is -0.385. The number of benzene rings is 1. The fraction of sp³-hybridized carbons (Fsp3) is 0.0909. The summed E-state index contributed by atoms with van der Waals surface area (Å²) in [6.07, 6.45) is 1.26. The molecule has 0 radical (unpaired) electrons. The first kappa shape index (κ1) is 13.3. The van der Waals surface area contributed by atoms with Gasteiger partial charge in [-0.1, -0.05) is 12.1 Å². The molecule has 0 bridgehead atoms. The Kier molecular flexibility index (Phi) is 3.80. The average molecular weight is 274 g/mol. The fourth-order valence-corrected chi connectivity index (χ4v) is 1.37. The number of nitrogens with one attached hydrogen (secondary N) is 2. The third-order valence-electron chi connectivity index (χ3n) is 2.37. The second kappa shape index (κ2) is 5.69. The van der Waals surface area contributed by atoms with Gasteiger partial charge in [0.25, 0.3) is 11.2 Å². The van der Waals surface area contributed by atoms with Crippen LogP contribution in [-0.4, -0.2) is 26.3 Å². The summed E-state index contributed by atoms with van der Waals surface area (Å²) in [5.41, 5.74) is 2.55. The largest absolute Gasteiger partial charge is 0.288 e. The van der Waals surface area contributed by atoms with Crippen LogP contribution < -0.4 is 11.0 Å². The van der Waals surface area contributed by atoms with Crippen LogP contribution in [0.4, 0.5) is 11.6 Å². The summed E-state index contributed by atoms with van der Waals surface area (Å²) < 4.78 is 0. The van der Waals surface area contributed by atoms with Crippen molar-refractivity contribution < 1.29 is 4.92 Å². The Labute approximate surface area is 112 Å². The van der Waals surface area contributed by atoms with Crippen molar-refractivity contribution in [3.63, 3.8) is 0 Å². The molecule has 2 aromatic rings. The zero-order chi connectivity index (χ0) is 14.5. The number of rotatable bonds is 4. The Bertz CT molecular complexity index is 724. The van der Waals surface area contributed by atoms with Crippen LogP contribution in [0.5, 0.6) is 0 Å². The molecule has 1 heterocycles. The molecule has 2 N–H and O–H groups in total. The monoisotopic (exact) mass is 274 g/mol. The van der Waals surface area contributed by atoms with Crippen LogP contribution in [0.3, 0.4) is 0 Å². The van der Waals surface area contributed by atoms with Gasteiger partial charge in [-0.15, -0.1) is 10.2 Å². The standard InChI is InChI=1S/C11H10N6O3/c1-7-10(18)13-11(16-14-7)15-12-6-8-4-2-3-5-9(8)17(19)20/h2-6H,1H3,(H2,13,15,16,18)/b12-6-. The van der Waals surface area contributed by atoms with Gasteiger partial charge in [-0.2, -0.15) is 5.10 Å². The van der Waals surface area contributed by atoms with Crippen molar-refractivity contribution in [1.29, 1.82) is 0 Å². The first-order valence-corrected chi connectivity index (χ1v) is 5.54. The number of aromatic nitrogens is 3. The SMILES string of the molecule is Cc1nnc(N/N=C\c2ccccc2[N+](=O)[O-])[nH]c1=O. The van der Waals surface area contributed by atoms with Crippen LogP contribution in [0.25, 0.3) is 0 Å². The molecule has 0 spiro atoms. The molecule has 1 aromatic heterocycles. The number of nitrogens with zero attached hydrogens (tertiary/aromatic N) is 4. The molecule has 0 amide bonds. The van der Waals surface area contributed by atoms with E-state index in [1.807, 2.05) is 0 Å². The van der Waals surface area contributed by atoms with Crippen molar-refractivity contribution in [2.24, 2.45) is 5.10 Å². The Balaban J connectivity index is 2.16. The Hall–Kier alpha value is -3.10. The maximum atomic E-state index is 11.3. The molecule has 1 aromatic carbocycles. The molecule has 0 aliphatic heterocycles. The lowest BCUT2D eigenvalue weighted by Gasteiger charge is -1.98. The fourth-order valence-electron chi connectivity index (χ4n) is 1.37. The number of nitro groups is 1. The van der Waals surface area contributed by atoms with E-state index in [1.165, 1.54) is 19.2 Å². The normalized spacial score (nSPS) is 10.7. The lowest BCUT2D eigenvalue weighted by atomic mass is 10.2. The summed E-state index contributed by atoms with van der Waals surface area (Å²) in [7, 11) is 0. The summed E-state index contributed by atoms with van der Waals surface area (Å²) >= 11 is 0. The molecule has 102 valence electrons. The summed E-state index contributed by atoms with van der Waals surface area (Å²) in [6, 6.07) is 6.13. The van der Waals surface area contributed by atoms with Gasteiger partial charge < -0.3 is 0 Å². The third-order valence-corrected chi connectivity index (χ3v) is 2.37. The van der Waals surface area contributed by atoms with Crippen molar-refractivity contribution in [1.82, 2.24) is 15.2 Å². The molecule has 20 heavy (non-hydrogen) atoms. The van der Waals surface area contributed by atoms with Crippen molar-refractivity contribution in [2.45, 2.75) is 6.92 Å². The Morgan fingerprint density at radius 1 is 1.40 bits per heavy atom. The summed E-state index contributed by atoms with van der Waals surface area (Å²) in [4.78, 5) is 24.0. The summed E-state index contributed by atoms with van der Waals surface area (Å²) in [5.74, 6) is 0.0513. The first-order chi connectivity index (χ1) is 9.58. The Morgan fingerprint density at radius 2 is 2.15 bits per heavy atom.